The number of carbonyl (C=O) groups excluding carboxylic acids is 1. The van der Waals surface area contributed by atoms with Crippen LogP contribution in [0.5, 0.6) is 5.75 Å². The summed E-state index contributed by atoms with van der Waals surface area (Å²) in [7, 11) is 1.62. The number of nitrogens with zero attached hydrogens (tertiary/aromatic N) is 3. The smallest absolute Gasteiger partial charge is 0.176 e. The first-order valence-electron chi connectivity index (χ1n) is 7.82. The number of Topliss-reactive ketones (excluding diaryl/α,β-unsaturated/α-hetero) is 1. The highest BCUT2D eigenvalue weighted by Crippen LogP contribution is 2.14. The highest BCUT2D eigenvalue weighted by molar-refractivity contribution is 5.97. The van der Waals surface area contributed by atoms with Gasteiger partial charge in [-0.1, -0.05) is 6.07 Å². The van der Waals surface area contributed by atoms with Crippen LogP contribution in [0.25, 0.3) is 0 Å². The molecule has 0 bridgehead atoms. The topological polar surface area (TPSA) is 45.7 Å². The van der Waals surface area contributed by atoms with Gasteiger partial charge < -0.3 is 9.64 Å². The van der Waals surface area contributed by atoms with Crippen LogP contribution in [0.1, 0.15) is 10.4 Å². The normalized spacial score (nSPS) is 15.4. The average molecular weight is 311 g/mol. The van der Waals surface area contributed by atoms with Gasteiger partial charge in [-0.2, -0.15) is 0 Å². The summed E-state index contributed by atoms with van der Waals surface area (Å²) in [4.78, 5) is 21.2. The molecule has 0 spiro atoms. The molecule has 0 saturated carbocycles. The van der Waals surface area contributed by atoms with E-state index in [0.29, 0.717) is 6.54 Å². The molecule has 1 aromatic carbocycles. The van der Waals surface area contributed by atoms with Crippen molar-refractivity contribution in [2.75, 3.05) is 44.7 Å². The molecule has 1 aromatic heterocycles. The van der Waals surface area contributed by atoms with Gasteiger partial charge >= 0.3 is 0 Å². The quantitative estimate of drug-likeness (QED) is 0.791. The Morgan fingerprint density at radius 1 is 1.09 bits per heavy atom. The van der Waals surface area contributed by atoms with Crippen molar-refractivity contribution in [2.45, 2.75) is 0 Å². The van der Waals surface area contributed by atoms with E-state index in [4.69, 9.17) is 4.74 Å². The summed E-state index contributed by atoms with van der Waals surface area (Å²) < 4.78 is 5.12. The molecule has 0 radical (unpaired) electrons. The lowest BCUT2D eigenvalue weighted by atomic mass is 10.1. The van der Waals surface area contributed by atoms with Gasteiger partial charge in [-0.25, -0.2) is 4.98 Å². The summed E-state index contributed by atoms with van der Waals surface area (Å²) in [5.74, 6) is 1.93. The third-order valence-corrected chi connectivity index (χ3v) is 4.12. The van der Waals surface area contributed by atoms with E-state index >= 15 is 0 Å². The Balaban J connectivity index is 1.53. The molecular formula is C18H21N3O2. The Hall–Kier alpha value is -2.40. The van der Waals surface area contributed by atoms with Crippen molar-refractivity contribution < 1.29 is 9.53 Å². The van der Waals surface area contributed by atoms with Gasteiger partial charge in [0.05, 0.1) is 13.7 Å². The van der Waals surface area contributed by atoms with Gasteiger partial charge in [-0.05, 0) is 36.4 Å². The summed E-state index contributed by atoms with van der Waals surface area (Å²) in [6, 6.07) is 13.3. The van der Waals surface area contributed by atoms with E-state index in [1.807, 2.05) is 48.7 Å². The van der Waals surface area contributed by atoms with Crippen LogP contribution < -0.4 is 9.64 Å². The van der Waals surface area contributed by atoms with Crippen LogP contribution in [-0.2, 0) is 0 Å². The molecule has 1 fully saturated rings. The first kappa shape index (κ1) is 15.5. The maximum atomic E-state index is 12.4. The predicted molar refractivity (Wildman–Crippen MR) is 90.2 cm³/mol. The zero-order valence-electron chi connectivity index (χ0n) is 13.3. The Morgan fingerprint density at radius 3 is 2.43 bits per heavy atom. The largest absolute Gasteiger partial charge is 0.497 e. The number of carbonyl (C=O) groups is 1. The molecular weight excluding hydrogens is 290 g/mol. The van der Waals surface area contributed by atoms with E-state index < -0.39 is 0 Å². The second-order valence-electron chi connectivity index (χ2n) is 5.60. The number of piperazine rings is 1. The molecule has 23 heavy (non-hydrogen) atoms. The van der Waals surface area contributed by atoms with Crippen molar-refractivity contribution in [1.29, 1.82) is 0 Å². The fourth-order valence-corrected chi connectivity index (χ4v) is 2.75. The zero-order chi connectivity index (χ0) is 16.1. The number of pyridine rings is 1. The Labute approximate surface area is 136 Å². The second kappa shape index (κ2) is 7.24. The molecule has 2 aromatic rings. The number of hydrogen-bond donors (Lipinski definition) is 0. The third-order valence-electron chi connectivity index (χ3n) is 4.12. The number of benzene rings is 1. The van der Waals surface area contributed by atoms with Crippen LogP contribution in [0.4, 0.5) is 5.82 Å². The zero-order valence-corrected chi connectivity index (χ0v) is 13.3. The van der Waals surface area contributed by atoms with Crippen molar-refractivity contribution in [3.63, 3.8) is 0 Å². The molecule has 5 heteroatoms. The lowest BCUT2D eigenvalue weighted by molar-refractivity contribution is 0.0926. The van der Waals surface area contributed by atoms with Gasteiger partial charge in [0, 0.05) is 37.9 Å². The molecule has 1 aliphatic rings. The molecule has 5 nitrogen and oxygen atoms in total. The third kappa shape index (κ3) is 3.87. The van der Waals surface area contributed by atoms with E-state index in [-0.39, 0.29) is 5.78 Å². The van der Waals surface area contributed by atoms with Gasteiger partial charge in [-0.3, -0.25) is 9.69 Å². The Morgan fingerprint density at radius 2 is 1.83 bits per heavy atom. The van der Waals surface area contributed by atoms with E-state index in [1.165, 1.54) is 0 Å². The number of anilines is 1. The number of ketones is 1. The van der Waals surface area contributed by atoms with Crippen LogP contribution in [0.3, 0.4) is 0 Å². The molecule has 1 aliphatic heterocycles. The minimum absolute atomic E-state index is 0.152. The van der Waals surface area contributed by atoms with Crippen LogP contribution in [0.15, 0.2) is 48.7 Å². The molecule has 1 saturated heterocycles. The van der Waals surface area contributed by atoms with E-state index in [1.54, 1.807) is 7.11 Å². The first-order valence-corrected chi connectivity index (χ1v) is 7.82. The molecule has 0 unspecified atom stereocenters. The lowest BCUT2D eigenvalue weighted by Crippen LogP contribution is -2.48. The molecule has 3 rings (SSSR count). The molecule has 0 aliphatic carbocycles. The predicted octanol–water partition coefficient (Wildman–Crippen LogP) is 2.10. The highest BCUT2D eigenvalue weighted by atomic mass is 16.5. The van der Waals surface area contributed by atoms with E-state index in [2.05, 4.69) is 14.8 Å². The van der Waals surface area contributed by atoms with Crippen LogP contribution in [0.2, 0.25) is 0 Å². The molecule has 120 valence electrons. The minimum Gasteiger partial charge on any atom is -0.497 e. The molecule has 0 amide bonds. The van der Waals surface area contributed by atoms with Gasteiger partial charge in [0.25, 0.3) is 0 Å². The standard InChI is InChI=1S/C18H21N3O2/c1-23-16-7-5-15(6-8-16)17(22)14-20-10-12-21(13-11-20)18-4-2-3-9-19-18/h2-9H,10-14H2,1H3. The summed E-state index contributed by atoms with van der Waals surface area (Å²) >= 11 is 0. The molecule has 2 heterocycles. The van der Waals surface area contributed by atoms with E-state index in [9.17, 15) is 4.79 Å². The van der Waals surface area contributed by atoms with E-state index in [0.717, 1.165) is 43.3 Å². The maximum absolute atomic E-state index is 12.4. The molecule has 0 atom stereocenters. The highest BCUT2D eigenvalue weighted by Gasteiger charge is 2.20. The van der Waals surface area contributed by atoms with Crippen molar-refractivity contribution >= 4 is 11.6 Å². The fourth-order valence-electron chi connectivity index (χ4n) is 2.75. The van der Waals surface area contributed by atoms with Gasteiger partial charge in [-0.15, -0.1) is 0 Å². The summed E-state index contributed by atoms with van der Waals surface area (Å²) in [6.45, 7) is 4.00. The van der Waals surface area contributed by atoms with Gasteiger partial charge in [0.2, 0.25) is 0 Å². The minimum atomic E-state index is 0.152. The van der Waals surface area contributed by atoms with Crippen LogP contribution in [0, 0.1) is 0 Å². The molecule has 0 N–H and O–H groups in total. The SMILES string of the molecule is COc1ccc(C(=O)CN2CCN(c3ccccn3)CC2)cc1. The van der Waals surface area contributed by atoms with Gasteiger partial charge in [0.15, 0.2) is 5.78 Å². The summed E-state index contributed by atoms with van der Waals surface area (Å²) in [6.07, 6.45) is 1.81. The summed E-state index contributed by atoms with van der Waals surface area (Å²) in [5, 5.41) is 0. The van der Waals surface area contributed by atoms with Crippen LogP contribution >= 0.6 is 0 Å². The number of hydrogen-bond acceptors (Lipinski definition) is 5. The first-order chi connectivity index (χ1) is 11.3. The fraction of sp³-hybridized carbons (Fsp3) is 0.333. The Kier molecular flexibility index (Phi) is 4.88. The summed E-state index contributed by atoms with van der Waals surface area (Å²) in [5.41, 5.74) is 0.734. The van der Waals surface area contributed by atoms with Crippen molar-refractivity contribution in [1.82, 2.24) is 9.88 Å². The monoisotopic (exact) mass is 311 g/mol. The number of aromatic nitrogens is 1. The lowest BCUT2D eigenvalue weighted by Gasteiger charge is -2.35. The number of ether oxygens (including phenoxy) is 1. The van der Waals surface area contributed by atoms with Crippen molar-refractivity contribution in [3.8, 4) is 5.75 Å². The maximum Gasteiger partial charge on any atom is 0.176 e. The van der Waals surface area contributed by atoms with Crippen molar-refractivity contribution in [3.05, 3.63) is 54.2 Å². The second-order valence-corrected chi connectivity index (χ2v) is 5.60. The average Bonchev–Trinajstić information content (AvgIpc) is 2.63. The number of rotatable bonds is 5. The number of methoxy groups -OCH3 is 1. The van der Waals surface area contributed by atoms with Gasteiger partial charge in [0.1, 0.15) is 11.6 Å². The Bertz CT molecular complexity index is 635. The van der Waals surface area contributed by atoms with Crippen molar-refractivity contribution in [2.24, 2.45) is 0 Å². The van der Waals surface area contributed by atoms with Crippen LogP contribution in [-0.4, -0.2) is 55.5 Å².